The van der Waals surface area contributed by atoms with E-state index in [9.17, 15) is 9.59 Å². The van der Waals surface area contributed by atoms with Gasteiger partial charge in [0.2, 0.25) is 5.91 Å². The number of nitrogens with zero attached hydrogens (tertiary/aromatic N) is 1. The maximum Gasteiger partial charge on any atom is 0.253 e. The van der Waals surface area contributed by atoms with Crippen LogP contribution in [0.2, 0.25) is 0 Å². The molecule has 1 heterocycles. The van der Waals surface area contributed by atoms with Crippen molar-refractivity contribution in [2.24, 2.45) is 0 Å². The molecule has 7 heteroatoms. The molecule has 0 bridgehead atoms. The summed E-state index contributed by atoms with van der Waals surface area (Å²) >= 11 is 0. The third kappa shape index (κ3) is 6.51. The molecule has 1 aliphatic rings. The molecule has 2 N–H and O–H groups in total. The smallest absolute Gasteiger partial charge is 0.253 e. The fourth-order valence-corrected chi connectivity index (χ4v) is 3.75. The average molecular weight is 460 g/mol. The highest BCUT2D eigenvalue weighted by Crippen LogP contribution is 2.23. The van der Waals surface area contributed by atoms with Crippen LogP contribution < -0.4 is 20.1 Å². The van der Waals surface area contributed by atoms with E-state index in [0.717, 1.165) is 37.4 Å². The molecule has 0 saturated carbocycles. The second-order valence-electron chi connectivity index (χ2n) is 7.98. The lowest BCUT2D eigenvalue weighted by atomic mass is 10.2. The topological polar surface area (TPSA) is 79.9 Å². The highest BCUT2D eigenvalue weighted by molar-refractivity contribution is 5.96. The summed E-state index contributed by atoms with van der Waals surface area (Å²) in [6, 6.07) is 24.1. The molecule has 7 nitrogen and oxygen atoms in total. The number of ether oxygens (including phenoxy) is 2. The van der Waals surface area contributed by atoms with Crippen LogP contribution in [0.15, 0.2) is 78.9 Å². The maximum absolute atomic E-state index is 12.4. The van der Waals surface area contributed by atoms with E-state index in [1.165, 1.54) is 0 Å². The summed E-state index contributed by atoms with van der Waals surface area (Å²) < 4.78 is 11.5. The molecule has 0 spiro atoms. The van der Waals surface area contributed by atoms with Crippen molar-refractivity contribution in [2.75, 3.05) is 43.5 Å². The Hall–Kier alpha value is -4.00. The van der Waals surface area contributed by atoms with E-state index in [1.54, 1.807) is 24.3 Å². The first-order valence-corrected chi connectivity index (χ1v) is 11.5. The number of anilines is 2. The molecule has 1 aliphatic heterocycles. The van der Waals surface area contributed by atoms with Crippen molar-refractivity contribution in [3.63, 3.8) is 0 Å². The van der Waals surface area contributed by atoms with Gasteiger partial charge in [-0.3, -0.25) is 9.59 Å². The third-order valence-corrected chi connectivity index (χ3v) is 5.49. The first-order chi connectivity index (χ1) is 16.7. The summed E-state index contributed by atoms with van der Waals surface area (Å²) in [7, 11) is 0. The van der Waals surface area contributed by atoms with Crippen LogP contribution >= 0.6 is 0 Å². The molecule has 0 unspecified atom stereocenters. The van der Waals surface area contributed by atoms with Gasteiger partial charge in [0.1, 0.15) is 24.7 Å². The van der Waals surface area contributed by atoms with E-state index < -0.39 is 0 Å². The van der Waals surface area contributed by atoms with Gasteiger partial charge >= 0.3 is 0 Å². The van der Waals surface area contributed by atoms with Crippen LogP contribution in [0.4, 0.5) is 11.4 Å². The molecule has 1 fully saturated rings. The van der Waals surface area contributed by atoms with Crippen LogP contribution in [-0.2, 0) is 4.79 Å². The highest BCUT2D eigenvalue weighted by atomic mass is 16.5. The molecule has 0 aromatic heterocycles. The van der Waals surface area contributed by atoms with Crippen molar-refractivity contribution in [3.8, 4) is 11.5 Å². The molecule has 34 heavy (non-hydrogen) atoms. The van der Waals surface area contributed by atoms with Gasteiger partial charge in [0, 0.05) is 24.3 Å². The largest absolute Gasteiger partial charge is 0.490 e. The van der Waals surface area contributed by atoms with E-state index in [0.29, 0.717) is 30.2 Å². The lowest BCUT2D eigenvalue weighted by molar-refractivity contribution is -0.114. The second-order valence-corrected chi connectivity index (χ2v) is 7.98. The van der Waals surface area contributed by atoms with E-state index in [1.807, 2.05) is 59.5 Å². The van der Waals surface area contributed by atoms with Gasteiger partial charge in [-0.2, -0.15) is 0 Å². The van der Waals surface area contributed by atoms with E-state index in [2.05, 4.69) is 10.6 Å². The minimum absolute atomic E-state index is 0.0443. The summed E-state index contributed by atoms with van der Waals surface area (Å²) in [5, 5.41) is 5.97. The van der Waals surface area contributed by atoms with Crippen molar-refractivity contribution >= 4 is 23.2 Å². The lowest BCUT2D eigenvalue weighted by Crippen LogP contribution is -2.27. The van der Waals surface area contributed by atoms with Crippen LogP contribution in [0, 0.1) is 0 Å². The Kier molecular flexibility index (Phi) is 8.00. The Bertz CT molecular complexity index is 1080. The van der Waals surface area contributed by atoms with Gasteiger partial charge in [-0.15, -0.1) is 0 Å². The predicted molar refractivity (Wildman–Crippen MR) is 133 cm³/mol. The number of benzene rings is 3. The van der Waals surface area contributed by atoms with Crippen LogP contribution in [0.1, 0.15) is 23.2 Å². The zero-order valence-electron chi connectivity index (χ0n) is 19.0. The zero-order valence-corrected chi connectivity index (χ0v) is 19.0. The Morgan fingerprint density at radius 3 is 2.24 bits per heavy atom. The first kappa shape index (κ1) is 23.2. The number of hydrogen-bond donors (Lipinski definition) is 2. The van der Waals surface area contributed by atoms with Crippen LogP contribution in [0.3, 0.4) is 0 Å². The van der Waals surface area contributed by atoms with Crippen LogP contribution in [0.5, 0.6) is 11.5 Å². The van der Waals surface area contributed by atoms with Gasteiger partial charge < -0.3 is 25.0 Å². The average Bonchev–Trinajstić information content (AvgIpc) is 3.42. The van der Waals surface area contributed by atoms with Crippen molar-refractivity contribution < 1.29 is 19.1 Å². The monoisotopic (exact) mass is 459 g/mol. The van der Waals surface area contributed by atoms with Gasteiger partial charge in [0.15, 0.2) is 0 Å². The number of carbonyl (C=O) groups is 2. The predicted octanol–water partition coefficient (Wildman–Crippen LogP) is 4.43. The number of carbonyl (C=O) groups excluding carboxylic acids is 2. The summed E-state index contributed by atoms with van der Waals surface area (Å²) in [6.07, 6.45) is 2.12. The fraction of sp³-hybridized carbons (Fsp3) is 0.259. The second kappa shape index (κ2) is 11.7. The Labute approximate surface area is 199 Å². The molecule has 1 saturated heterocycles. The molecule has 0 aliphatic carbocycles. The molecule has 0 radical (unpaired) electrons. The summed E-state index contributed by atoms with van der Waals surface area (Å²) in [4.78, 5) is 26.7. The van der Waals surface area contributed by atoms with Gasteiger partial charge in [-0.05, 0) is 61.4 Å². The molecular weight excluding hydrogens is 430 g/mol. The quantitative estimate of drug-likeness (QED) is 0.439. The molecule has 0 atom stereocenters. The highest BCUT2D eigenvalue weighted by Gasteiger charge is 2.19. The summed E-state index contributed by atoms with van der Waals surface area (Å²) in [5.74, 6) is 1.29. The van der Waals surface area contributed by atoms with Gasteiger partial charge in [0.05, 0.1) is 12.2 Å². The molecule has 2 amide bonds. The van der Waals surface area contributed by atoms with E-state index in [-0.39, 0.29) is 18.4 Å². The SMILES string of the molecule is O=C(CNc1ccccc1OCCOc1ccccc1)Nc1ccc(C(=O)N2CCCC2)cc1. The minimum Gasteiger partial charge on any atom is -0.490 e. The third-order valence-electron chi connectivity index (χ3n) is 5.49. The van der Waals surface area contributed by atoms with Crippen molar-refractivity contribution in [2.45, 2.75) is 12.8 Å². The first-order valence-electron chi connectivity index (χ1n) is 11.5. The number of para-hydroxylation sites is 3. The van der Waals surface area contributed by atoms with Gasteiger partial charge in [-0.25, -0.2) is 0 Å². The number of likely N-dealkylation sites (tertiary alicyclic amines) is 1. The zero-order chi connectivity index (χ0) is 23.6. The summed E-state index contributed by atoms with van der Waals surface area (Å²) in [5.41, 5.74) is 2.01. The van der Waals surface area contributed by atoms with Crippen molar-refractivity contribution in [1.29, 1.82) is 0 Å². The Morgan fingerprint density at radius 2 is 1.47 bits per heavy atom. The Morgan fingerprint density at radius 1 is 0.794 bits per heavy atom. The molecular formula is C27H29N3O4. The van der Waals surface area contributed by atoms with Crippen molar-refractivity contribution in [3.05, 3.63) is 84.4 Å². The number of rotatable bonds is 10. The van der Waals surface area contributed by atoms with Gasteiger partial charge in [0.25, 0.3) is 5.91 Å². The molecule has 3 aromatic rings. The van der Waals surface area contributed by atoms with E-state index in [4.69, 9.17) is 9.47 Å². The molecule has 4 rings (SSSR count). The van der Waals surface area contributed by atoms with Crippen molar-refractivity contribution in [1.82, 2.24) is 4.90 Å². The number of hydrogen-bond acceptors (Lipinski definition) is 5. The Balaban J connectivity index is 1.23. The molecule has 176 valence electrons. The minimum atomic E-state index is -0.194. The standard InChI is InChI=1S/C27H29N3O4/c31-26(29-22-14-12-21(13-15-22)27(32)30-16-6-7-17-30)20-28-24-10-4-5-11-25(24)34-19-18-33-23-8-2-1-3-9-23/h1-5,8-15,28H,6-7,16-20H2,(H,29,31). The summed E-state index contributed by atoms with van der Waals surface area (Å²) in [6.45, 7) is 2.50. The molecule has 3 aromatic carbocycles. The van der Waals surface area contributed by atoms with Gasteiger partial charge in [-0.1, -0.05) is 30.3 Å². The lowest BCUT2D eigenvalue weighted by Gasteiger charge is -2.15. The number of nitrogens with one attached hydrogen (secondary N) is 2. The van der Waals surface area contributed by atoms with Crippen LogP contribution in [-0.4, -0.2) is 49.6 Å². The normalized spacial score (nSPS) is 12.8. The van der Waals surface area contributed by atoms with E-state index >= 15 is 0 Å². The fourth-order valence-electron chi connectivity index (χ4n) is 3.75. The number of amides is 2. The van der Waals surface area contributed by atoms with Crippen LogP contribution in [0.25, 0.3) is 0 Å². The maximum atomic E-state index is 12.4.